The van der Waals surface area contributed by atoms with Crippen molar-refractivity contribution in [1.29, 1.82) is 0 Å². The van der Waals surface area contributed by atoms with Crippen LogP contribution >= 0.6 is 0 Å². The van der Waals surface area contributed by atoms with Gasteiger partial charge in [0.1, 0.15) is 5.69 Å². The summed E-state index contributed by atoms with van der Waals surface area (Å²) in [5.74, 6) is -1.03. The van der Waals surface area contributed by atoms with E-state index in [1.54, 1.807) is 29.3 Å². The Balaban J connectivity index is 2.13. The van der Waals surface area contributed by atoms with Gasteiger partial charge in [-0.25, -0.2) is 0 Å². The lowest BCUT2D eigenvalue weighted by Gasteiger charge is -2.34. The summed E-state index contributed by atoms with van der Waals surface area (Å²) in [6.07, 6.45) is 4.24. The average molecular weight is 248 g/mol. The van der Waals surface area contributed by atoms with Crippen molar-refractivity contribution in [3.63, 3.8) is 0 Å². The van der Waals surface area contributed by atoms with Gasteiger partial charge in [-0.05, 0) is 31.4 Å². The molecular formula is C13H16N2O3. The van der Waals surface area contributed by atoms with E-state index in [1.165, 1.54) is 0 Å². The Hall–Kier alpha value is -1.91. The molecule has 2 heterocycles. The second kappa shape index (κ2) is 5.62. The van der Waals surface area contributed by atoms with E-state index in [0.717, 1.165) is 19.3 Å². The number of rotatable bonds is 3. The van der Waals surface area contributed by atoms with Gasteiger partial charge in [-0.15, -0.1) is 0 Å². The number of hydrogen-bond acceptors (Lipinski definition) is 3. The lowest BCUT2D eigenvalue weighted by Crippen LogP contribution is -2.45. The first-order valence-electron chi connectivity index (χ1n) is 6.12. The van der Waals surface area contributed by atoms with Gasteiger partial charge in [0.15, 0.2) is 0 Å². The molecule has 1 aliphatic heterocycles. The van der Waals surface area contributed by atoms with E-state index < -0.39 is 5.97 Å². The van der Waals surface area contributed by atoms with Crippen LogP contribution in [0.3, 0.4) is 0 Å². The quantitative estimate of drug-likeness (QED) is 0.881. The fourth-order valence-electron chi connectivity index (χ4n) is 2.32. The zero-order valence-electron chi connectivity index (χ0n) is 10.1. The minimum absolute atomic E-state index is 0.0125. The van der Waals surface area contributed by atoms with Crippen LogP contribution in [0.15, 0.2) is 24.4 Å². The van der Waals surface area contributed by atoms with Crippen molar-refractivity contribution in [3.8, 4) is 0 Å². The van der Waals surface area contributed by atoms with Gasteiger partial charge in [-0.2, -0.15) is 0 Å². The molecule has 0 radical (unpaired) electrons. The first-order chi connectivity index (χ1) is 8.68. The number of hydrogen-bond donors (Lipinski definition) is 1. The van der Waals surface area contributed by atoms with Gasteiger partial charge in [0.25, 0.3) is 5.91 Å². The summed E-state index contributed by atoms with van der Waals surface area (Å²) in [7, 11) is 0. The Bertz CT molecular complexity index is 433. The van der Waals surface area contributed by atoms with E-state index in [9.17, 15) is 9.59 Å². The highest BCUT2D eigenvalue weighted by atomic mass is 16.4. The summed E-state index contributed by atoms with van der Waals surface area (Å²) >= 11 is 0. The highest BCUT2D eigenvalue weighted by Gasteiger charge is 2.29. The van der Waals surface area contributed by atoms with Crippen molar-refractivity contribution in [2.45, 2.75) is 31.7 Å². The van der Waals surface area contributed by atoms with E-state index in [4.69, 9.17) is 5.11 Å². The first kappa shape index (κ1) is 12.5. The van der Waals surface area contributed by atoms with Crippen molar-refractivity contribution in [2.24, 2.45) is 0 Å². The minimum Gasteiger partial charge on any atom is -0.481 e. The van der Waals surface area contributed by atoms with Crippen LogP contribution in [0.25, 0.3) is 0 Å². The van der Waals surface area contributed by atoms with Crippen LogP contribution in [0.1, 0.15) is 36.2 Å². The molecule has 0 aliphatic carbocycles. The molecule has 0 bridgehead atoms. The molecule has 1 unspecified atom stereocenters. The molecule has 1 fully saturated rings. The molecule has 1 N–H and O–H groups in total. The zero-order valence-corrected chi connectivity index (χ0v) is 10.1. The highest BCUT2D eigenvalue weighted by Crippen LogP contribution is 2.21. The number of amides is 1. The number of pyridine rings is 1. The molecule has 1 atom stereocenters. The maximum absolute atomic E-state index is 12.3. The van der Waals surface area contributed by atoms with E-state index in [-0.39, 0.29) is 18.4 Å². The van der Waals surface area contributed by atoms with Gasteiger partial charge in [0, 0.05) is 18.8 Å². The lowest BCUT2D eigenvalue weighted by molar-refractivity contribution is -0.138. The molecule has 1 aromatic heterocycles. The van der Waals surface area contributed by atoms with Gasteiger partial charge in [0.05, 0.1) is 6.42 Å². The van der Waals surface area contributed by atoms with E-state index in [2.05, 4.69) is 4.98 Å². The fourth-order valence-corrected chi connectivity index (χ4v) is 2.32. The van der Waals surface area contributed by atoms with Crippen LogP contribution in [0.5, 0.6) is 0 Å². The number of carboxylic acid groups (broad SMARTS) is 1. The summed E-state index contributed by atoms with van der Waals surface area (Å²) in [6, 6.07) is 4.97. The maximum atomic E-state index is 12.3. The Morgan fingerprint density at radius 2 is 2.22 bits per heavy atom. The first-order valence-corrected chi connectivity index (χ1v) is 6.12. The number of nitrogens with zero attached hydrogens (tertiary/aromatic N) is 2. The molecular weight excluding hydrogens is 232 g/mol. The molecule has 1 saturated heterocycles. The van der Waals surface area contributed by atoms with Crippen LogP contribution in [-0.4, -0.2) is 39.5 Å². The number of piperidine rings is 1. The summed E-state index contributed by atoms with van der Waals surface area (Å²) in [4.78, 5) is 28.8. The molecule has 5 nitrogen and oxygen atoms in total. The monoisotopic (exact) mass is 248 g/mol. The van der Waals surface area contributed by atoms with E-state index >= 15 is 0 Å². The summed E-state index contributed by atoms with van der Waals surface area (Å²) in [5.41, 5.74) is 0.384. The maximum Gasteiger partial charge on any atom is 0.305 e. The van der Waals surface area contributed by atoms with Gasteiger partial charge < -0.3 is 10.0 Å². The summed E-state index contributed by atoms with van der Waals surface area (Å²) < 4.78 is 0. The molecule has 2 rings (SSSR count). The Morgan fingerprint density at radius 3 is 2.89 bits per heavy atom. The zero-order chi connectivity index (χ0) is 13.0. The molecule has 5 heteroatoms. The third kappa shape index (κ3) is 2.85. The molecule has 96 valence electrons. The van der Waals surface area contributed by atoms with Crippen LogP contribution in [-0.2, 0) is 4.79 Å². The van der Waals surface area contributed by atoms with Crippen LogP contribution < -0.4 is 0 Å². The van der Waals surface area contributed by atoms with E-state index in [0.29, 0.717) is 12.2 Å². The third-order valence-corrected chi connectivity index (χ3v) is 3.18. The van der Waals surface area contributed by atoms with Crippen molar-refractivity contribution >= 4 is 11.9 Å². The standard InChI is InChI=1S/C13H16N2O3/c16-12(17)9-10-5-2-4-8-15(10)13(18)11-6-1-3-7-14-11/h1,3,6-7,10H,2,4-5,8-9H2,(H,16,17). The van der Waals surface area contributed by atoms with Crippen LogP contribution in [0, 0.1) is 0 Å². The van der Waals surface area contributed by atoms with Crippen LogP contribution in [0.2, 0.25) is 0 Å². The Morgan fingerprint density at radius 1 is 1.39 bits per heavy atom. The van der Waals surface area contributed by atoms with Gasteiger partial charge in [0.2, 0.25) is 0 Å². The number of carbonyl (C=O) groups excluding carboxylic acids is 1. The van der Waals surface area contributed by atoms with Crippen molar-refractivity contribution < 1.29 is 14.7 Å². The summed E-state index contributed by atoms with van der Waals surface area (Å²) in [5, 5.41) is 8.88. The van der Waals surface area contributed by atoms with Gasteiger partial charge in [-0.3, -0.25) is 14.6 Å². The predicted molar refractivity (Wildman–Crippen MR) is 65.2 cm³/mol. The molecule has 0 spiro atoms. The van der Waals surface area contributed by atoms with Crippen molar-refractivity contribution in [3.05, 3.63) is 30.1 Å². The topological polar surface area (TPSA) is 70.5 Å². The fraction of sp³-hybridized carbons (Fsp3) is 0.462. The summed E-state index contributed by atoms with van der Waals surface area (Å²) in [6.45, 7) is 0.618. The van der Waals surface area contributed by atoms with Crippen molar-refractivity contribution in [2.75, 3.05) is 6.54 Å². The number of carbonyl (C=O) groups is 2. The van der Waals surface area contributed by atoms with E-state index in [1.807, 2.05) is 0 Å². The number of aliphatic carboxylic acids is 1. The SMILES string of the molecule is O=C(O)CC1CCCCN1C(=O)c1ccccn1. The molecule has 0 saturated carbocycles. The van der Waals surface area contributed by atoms with Crippen molar-refractivity contribution in [1.82, 2.24) is 9.88 Å². The molecule has 18 heavy (non-hydrogen) atoms. The number of likely N-dealkylation sites (tertiary alicyclic amines) is 1. The van der Waals surface area contributed by atoms with Gasteiger partial charge in [-0.1, -0.05) is 6.07 Å². The largest absolute Gasteiger partial charge is 0.481 e. The minimum atomic E-state index is -0.860. The molecule has 0 aromatic carbocycles. The normalized spacial score (nSPS) is 19.6. The Labute approximate surface area is 105 Å². The van der Waals surface area contributed by atoms with Gasteiger partial charge >= 0.3 is 5.97 Å². The number of aromatic nitrogens is 1. The predicted octanol–water partition coefficient (Wildman–Crippen LogP) is 1.55. The molecule has 1 amide bonds. The van der Waals surface area contributed by atoms with Crippen LogP contribution in [0.4, 0.5) is 0 Å². The average Bonchev–Trinajstić information content (AvgIpc) is 2.39. The Kier molecular flexibility index (Phi) is 3.92. The smallest absolute Gasteiger partial charge is 0.305 e. The lowest BCUT2D eigenvalue weighted by atomic mass is 9.99. The highest BCUT2D eigenvalue weighted by molar-refractivity contribution is 5.92. The molecule has 1 aliphatic rings. The molecule has 1 aromatic rings. The second-order valence-electron chi connectivity index (χ2n) is 4.46. The number of carboxylic acids is 1. The second-order valence-corrected chi connectivity index (χ2v) is 4.46. The third-order valence-electron chi connectivity index (χ3n) is 3.18.